The van der Waals surface area contributed by atoms with Crippen LogP contribution in [0.1, 0.15) is 25.3 Å². The zero-order chi connectivity index (χ0) is 15.3. The van der Waals surface area contributed by atoms with E-state index in [2.05, 4.69) is 4.72 Å². The first kappa shape index (κ1) is 16.5. The third-order valence-corrected chi connectivity index (χ3v) is 4.37. The first-order valence-electron chi connectivity index (χ1n) is 6.20. The fourth-order valence-electron chi connectivity index (χ4n) is 1.71. The molecule has 1 atom stereocenters. The molecular weight excluding hydrogens is 284 g/mol. The zero-order valence-corrected chi connectivity index (χ0v) is 12.2. The van der Waals surface area contributed by atoms with Crippen molar-refractivity contribution in [2.75, 3.05) is 6.54 Å². The monoisotopic (exact) mass is 302 g/mol. The number of aliphatic hydroxyl groups excluding tert-OH is 1. The van der Waals surface area contributed by atoms with Crippen molar-refractivity contribution < 1.29 is 18.4 Å². The number of sulfonamides is 1. The third-order valence-electron chi connectivity index (χ3n) is 2.80. The van der Waals surface area contributed by atoms with Gasteiger partial charge in [-0.25, -0.2) is 13.1 Å². The van der Waals surface area contributed by atoms with Gasteiger partial charge >= 0.3 is 0 Å². The van der Waals surface area contributed by atoms with Crippen molar-refractivity contribution in [2.45, 2.75) is 37.7 Å². The lowest BCUT2D eigenvalue weighted by atomic mass is 10.2. The molecule has 0 radical (unpaired) electrons. The second-order valence-electron chi connectivity index (χ2n) is 4.50. The van der Waals surface area contributed by atoms with Crippen LogP contribution in [0.15, 0.2) is 23.1 Å². The number of benzene rings is 1. The van der Waals surface area contributed by atoms with E-state index in [0.29, 0.717) is 12.0 Å². The van der Waals surface area contributed by atoms with E-state index in [0.717, 1.165) is 12.5 Å². The van der Waals surface area contributed by atoms with Crippen LogP contribution in [-0.4, -0.2) is 31.1 Å². The number of aryl methyl sites for hydroxylation is 1. The number of rotatable bonds is 7. The summed E-state index contributed by atoms with van der Waals surface area (Å²) in [6.07, 6.45) is 0.448. The lowest BCUT2D eigenvalue weighted by Gasteiger charge is -2.12. The van der Waals surface area contributed by atoms with E-state index in [-0.39, 0.29) is 17.1 Å². The van der Waals surface area contributed by atoms with Gasteiger partial charge in [-0.2, -0.15) is 0 Å². The van der Waals surface area contributed by atoms with Gasteiger partial charge in [0.2, 0.25) is 10.0 Å². The summed E-state index contributed by atoms with van der Waals surface area (Å²) >= 11 is 0. The van der Waals surface area contributed by atoms with Crippen molar-refractivity contribution in [3.63, 3.8) is 0 Å². The summed E-state index contributed by atoms with van der Waals surface area (Å²) in [6, 6.07) is 3.65. The van der Waals surface area contributed by atoms with Gasteiger partial charge in [0.05, 0.1) is 15.9 Å². The normalized spacial score (nSPS) is 13.2. The summed E-state index contributed by atoms with van der Waals surface area (Å²) in [6.45, 7) is 3.32. The summed E-state index contributed by atoms with van der Waals surface area (Å²) in [5, 5.41) is 20.2. The first-order valence-corrected chi connectivity index (χ1v) is 7.69. The van der Waals surface area contributed by atoms with Crippen molar-refractivity contribution in [3.8, 4) is 0 Å². The lowest BCUT2D eigenvalue weighted by molar-refractivity contribution is -0.385. The van der Waals surface area contributed by atoms with E-state index in [1.165, 1.54) is 12.1 Å². The van der Waals surface area contributed by atoms with Gasteiger partial charge in [0.25, 0.3) is 5.69 Å². The van der Waals surface area contributed by atoms with Crippen molar-refractivity contribution in [3.05, 3.63) is 33.9 Å². The molecule has 0 aliphatic carbocycles. The Hall–Kier alpha value is -1.51. The lowest BCUT2D eigenvalue weighted by Crippen LogP contribution is -2.32. The Morgan fingerprint density at radius 3 is 2.65 bits per heavy atom. The molecule has 0 aliphatic heterocycles. The number of aliphatic hydroxyl groups is 1. The number of nitro benzene ring substituents is 1. The topological polar surface area (TPSA) is 110 Å². The zero-order valence-electron chi connectivity index (χ0n) is 11.4. The predicted molar refractivity (Wildman–Crippen MR) is 73.9 cm³/mol. The summed E-state index contributed by atoms with van der Waals surface area (Å²) in [7, 11) is -3.87. The molecule has 112 valence electrons. The van der Waals surface area contributed by atoms with Crippen LogP contribution in [0.25, 0.3) is 0 Å². The average Bonchev–Trinajstić information content (AvgIpc) is 2.37. The highest BCUT2D eigenvalue weighted by Gasteiger charge is 2.21. The highest BCUT2D eigenvalue weighted by atomic mass is 32.2. The van der Waals surface area contributed by atoms with Crippen LogP contribution in [-0.2, 0) is 10.0 Å². The molecule has 1 aromatic rings. The van der Waals surface area contributed by atoms with Crippen LogP contribution in [0.5, 0.6) is 0 Å². The summed E-state index contributed by atoms with van der Waals surface area (Å²) in [5.74, 6) is 0. The van der Waals surface area contributed by atoms with Crippen LogP contribution >= 0.6 is 0 Å². The molecule has 0 saturated carbocycles. The van der Waals surface area contributed by atoms with E-state index in [9.17, 15) is 23.6 Å². The van der Waals surface area contributed by atoms with E-state index >= 15 is 0 Å². The fraction of sp³-hybridized carbons (Fsp3) is 0.500. The maximum absolute atomic E-state index is 12.1. The minimum Gasteiger partial charge on any atom is -0.392 e. The van der Waals surface area contributed by atoms with Gasteiger partial charge in [-0.05, 0) is 18.9 Å². The van der Waals surface area contributed by atoms with E-state index in [1.54, 1.807) is 6.92 Å². The number of hydrogen-bond donors (Lipinski definition) is 2. The molecule has 0 fully saturated rings. The molecule has 0 saturated heterocycles. The SMILES string of the molecule is CCCC(O)CNS(=O)(=O)c1cc([N+](=O)[O-])ccc1C. The molecule has 0 bridgehead atoms. The Labute approximate surface area is 117 Å². The smallest absolute Gasteiger partial charge is 0.270 e. The first-order chi connectivity index (χ1) is 9.27. The Morgan fingerprint density at radius 1 is 1.45 bits per heavy atom. The number of non-ortho nitro benzene ring substituents is 1. The summed E-state index contributed by atoms with van der Waals surface area (Å²) in [5.41, 5.74) is 0.123. The number of hydrogen-bond acceptors (Lipinski definition) is 5. The Kier molecular flexibility index (Phi) is 5.61. The molecule has 8 heteroatoms. The van der Waals surface area contributed by atoms with Gasteiger partial charge in [0, 0.05) is 18.7 Å². The molecule has 2 N–H and O–H groups in total. The van der Waals surface area contributed by atoms with Crippen LogP contribution in [0.3, 0.4) is 0 Å². The molecule has 0 spiro atoms. The van der Waals surface area contributed by atoms with Gasteiger partial charge in [-0.15, -0.1) is 0 Å². The molecular formula is C12H18N2O5S. The molecule has 1 rings (SSSR count). The Balaban J connectivity index is 2.97. The molecule has 0 heterocycles. The molecule has 0 aromatic heterocycles. The van der Waals surface area contributed by atoms with E-state index in [4.69, 9.17) is 0 Å². The highest BCUT2D eigenvalue weighted by Crippen LogP contribution is 2.21. The van der Waals surface area contributed by atoms with Gasteiger partial charge in [-0.1, -0.05) is 19.4 Å². The quantitative estimate of drug-likeness (QED) is 0.583. The number of nitrogens with zero attached hydrogens (tertiary/aromatic N) is 1. The average molecular weight is 302 g/mol. The van der Waals surface area contributed by atoms with E-state index in [1.807, 2.05) is 6.92 Å². The maximum atomic E-state index is 12.1. The molecule has 20 heavy (non-hydrogen) atoms. The Morgan fingerprint density at radius 2 is 2.10 bits per heavy atom. The van der Waals surface area contributed by atoms with Crippen LogP contribution in [0.2, 0.25) is 0 Å². The highest BCUT2D eigenvalue weighted by molar-refractivity contribution is 7.89. The van der Waals surface area contributed by atoms with Gasteiger partial charge in [0.1, 0.15) is 0 Å². The molecule has 0 aliphatic rings. The van der Waals surface area contributed by atoms with Crippen molar-refractivity contribution in [1.82, 2.24) is 4.72 Å². The minimum absolute atomic E-state index is 0.113. The molecule has 1 unspecified atom stereocenters. The molecule has 7 nitrogen and oxygen atoms in total. The predicted octanol–water partition coefficient (Wildman–Crippen LogP) is 1.34. The van der Waals surface area contributed by atoms with Crippen LogP contribution in [0, 0.1) is 17.0 Å². The molecule has 0 amide bonds. The second kappa shape index (κ2) is 6.78. The van der Waals surface area contributed by atoms with Crippen LogP contribution < -0.4 is 4.72 Å². The van der Waals surface area contributed by atoms with Crippen LogP contribution in [0.4, 0.5) is 5.69 Å². The molecule has 1 aromatic carbocycles. The summed E-state index contributed by atoms with van der Waals surface area (Å²) < 4.78 is 26.4. The third kappa shape index (κ3) is 4.26. The largest absolute Gasteiger partial charge is 0.392 e. The fourth-order valence-corrected chi connectivity index (χ4v) is 3.05. The summed E-state index contributed by atoms with van der Waals surface area (Å²) in [4.78, 5) is 9.90. The van der Waals surface area contributed by atoms with E-state index < -0.39 is 21.1 Å². The number of nitrogens with one attached hydrogen (secondary N) is 1. The standard InChI is InChI=1S/C12H18N2O5S/c1-3-4-11(15)8-13-20(18,19)12-7-10(14(16)17)6-5-9(12)2/h5-7,11,13,15H,3-4,8H2,1-2H3. The van der Waals surface area contributed by atoms with Gasteiger partial charge in [0.15, 0.2) is 0 Å². The van der Waals surface area contributed by atoms with Crippen molar-refractivity contribution in [1.29, 1.82) is 0 Å². The second-order valence-corrected chi connectivity index (χ2v) is 6.24. The van der Waals surface area contributed by atoms with Gasteiger partial charge in [-0.3, -0.25) is 10.1 Å². The van der Waals surface area contributed by atoms with Crippen molar-refractivity contribution in [2.24, 2.45) is 0 Å². The van der Waals surface area contributed by atoms with Crippen molar-refractivity contribution >= 4 is 15.7 Å². The Bertz CT molecular complexity index is 586. The van der Waals surface area contributed by atoms with Gasteiger partial charge < -0.3 is 5.11 Å². The number of nitro groups is 1. The minimum atomic E-state index is -3.87. The maximum Gasteiger partial charge on any atom is 0.270 e.